The van der Waals surface area contributed by atoms with E-state index in [4.69, 9.17) is 0 Å². The van der Waals surface area contributed by atoms with Gasteiger partial charge in [-0.15, -0.1) is 0 Å². The van der Waals surface area contributed by atoms with Crippen molar-refractivity contribution in [1.82, 2.24) is 5.32 Å². The summed E-state index contributed by atoms with van der Waals surface area (Å²) in [5.74, 6) is -1.11. The Balaban J connectivity index is 1.50. The number of nitrogens with one attached hydrogen (secondary N) is 1. The molecule has 4 heteroatoms. The fourth-order valence-electron chi connectivity index (χ4n) is 5.33. The molecule has 4 saturated carbocycles. The summed E-state index contributed by atoms with van der Waals surface area (Å²) in [6.07, 6.45) is 7.64. The van der Waals surface area contributed by atoms with Crippen molar-refractivity contribution >= 4 is 0 Å². The molecule has 4 aliphatic rings. The molecule has 4 bridgehead atoms. The van der Waals surface area contributed by atoms with E-state index in [-0.39, 0.29) is 5.54 Å². The Morgan fingerprint density at radius 3 is 1.86 bits per heavy atom. The maximum Gasteiger partial charge on any atom is 0.194 e. The minimum absolute atomic E-state index is 0.149. The Labute approximate surface area is 122 Å². The van der Waals surface area contributed by atoms with Crippen LogP contribution in [0.15, 0.2) is 12.1 Å². The lowest BCUT2D eigenvalue weighted by Crippen LogP contribution is -2.58. The molecule has 0 unspecified atom stereocenters. The third-order valence-corrected chi connectivity index (χ3v) is 5.75. The topological polar surface area (TPSA) is 12.0 Å². The summed E-state index contributed by atoms with van der Waals surface area (Å²) < 4.78 is 39.6. The van der Waals surface area contributed by atoms with Crippen molar-refractivity contribution in [2.75, 3.05) is 0 Å². The van der Waals surface area contributed by atoms with Gasteiger partial charge < -0.3 is 5.32 Å². The molecule has 0 aliphatic heterocycles. The van der Waals surface area contributed by atoms with E-state index in [0.717, 1.165) is 29.9 Å². The number of benzene rings is 1. The predicted molar refractivity (Wildman–Crippen MR) is 74.1 cm³/mol. The van der Waals surface area contributed by atoms with Gasteiger partial charge in [-0.1, -0.05) is 0 Å². The van der Waals surface area contributed by atoms with Crippen molar-refractivity contribution in [2.24, 2.45) is 17.8 Å². The van der Waals surface area contributed by atoms with Gasteiger partial charge in [-0.2, -0.15) is 0 Å². The summed E-state index contributed by atoms with van der Waals surface area (Å²) >= 11 is 0. The Bertz CT molecular complexity index is 511. The third kappa shape index (κ3) is 2.37. The van der Waals surface area contributed by atoms with Gasteiger partial charge in [0.1, 0.15) is 0 Å². The van der Waals surface area contributed by atoms with E-state index in [9.17, 15) is 13.2 Å². The average molecular weight is 295 g/mol. The van der Waals surface area contributed by atoms with Gasteiger partial charge in [0.2, 0.25) is 0 Å². The first-order chi connectivity index (χ1) is 10.0. The van der Waals surface area contributed by atoms with Crippen molar-refractivity contribution in [1.29, 1.82) is 0 Å². The number of rotatable bonds is 3. The molecule has 4 aliphatic carbocycles. The SMILES string of the molecule is Fc1cc(CNC23CC4CC(CC(C4)C2)C3)cc(F)c1F. The van der Waals surface area contributed by atoms with Gasteiger partial charge in [0, 0.05) is 12.1 Å². The van der Waals surface area contributed by atoms with Crippen molar-refractivity contribution < 1.29 is 13.2 Å². The first-order valence-corrected chi connectivity index (χ1v) is 7.91. The molecular formula is C17H20F3N. The minimum atomic E-state index is -1.38. The highest BCUT2D eigenvalue weighted by molar-refractivity contribution is 5.20. The molecule has 5 rings (SSSR count). The zero-order valence-corrected chi connectivity index (χ0v) is 12.0. The highest BCUT2D eigenvalue weighted by Crippen LogP contribution is 2.55. The summed E-state index contributed by atoms with van der Waals surface area (Å²) in [6.45, 7) is 0.417. The molecule has 114 valence electrons. The normalized spacial score (nSPS) is 37.2. The van der Waals surface area contributed by atoms with E-state index in [2.05, 4.69) is 5.32 Å². The molecule has 1 aromatic carbocycles. The zero-order valence-electron chi connectivity index (χ0n) is 12.0. The van der Waals surface area contributed by atoms with Gasteiger partial charge in [-0.25, -0.2) is 13.2 Å². The molecule has 0 atom stereocenters. The molecule has 0 spiro atoms. The maximum absolute atomic E-state index is 13.3. The van der Waals surface area contributed by atoms with E-state index in [0.29, 0.717) is 12.1 Å². The fourth-order valence-corrected chi connectivity index (χ4v) is 5.33. The average Bonchev–Trinajstić information content (AvgIpc) is 2.41. The van der Waals surface area contributed by atoms with Gasteiger partial charge in [-0.05, 0) is 74.0 Å². The highest BCUT2D eigenvalue weighted by Gasteiger charge is 2.50. The van der Waals surface area contributed by atoms with Crippen LogP contribution in [0.4, 0.5) is 13.2 Å². The van der Waals surface area contributed by atoms with Crippen LogP contribution in [0.2, 0.25) is 0 Å². The summed E-state index contributed by atoms with van der Waals surface area (Å²) in [5, 5.41) is 3.56. The monoisotopic (exact) mass is 295 g/mol. The van der Waals surface area contributed by atoms with E-state index in [1.807, 2.05) is 0 Å². The van der Waals surface area contributed by atoms with Crippen molar-refractivity contribution in [2.45, 2.75) is 50.6 Å². The molecule has 0 aromatic heterocycles. The van der Waals surface area contributed by atoms with Crippen LogP contribution in [0.5, 0.6) is 0 Å². The van der Waals surface area contributed by atoms with Crippen molar-refractivity contribution in [3.63, 3.8) is 0 Å². The van der Waals surface area contributed by atoms with Crippen molar-refractivity contribution in [3.8, 4) is 0 Å². The number of hydrogen-bond donors (Lipinski definition) is 1. The summed E-state index contributed by atoms with van der Waals surface area (Å²) in [7, 11) is 0. The van der Waals surface area contributed by atoms with Crippen LogP contribution in [0.25, 0.3) is 0 Å². The molecule has 21 heavy (non-hydrogen) atoms. The Morgan fingerprint density at radius 2 is 1.38 bits per heavy atom. The van der Waals surface area contributed by atoms with Crippen LogP contribution in [0.3, 0.4) is 0 Å². The van der Waals surface area contributed by atoms with Gasteiger partial charge in [0.15, 0.2) is 17.5 Å². The number of halogens is 3. The summed E-state index contributed by atoms with van der Waals surface area (Å²) in [4.78, 5) is 0. The van der Waals surface area contributed by atoms with E-state index in [1.165, 1.54) is 38.5 Å². The smallest absolute Gasteiger partial charge is 0.194 e. The van der Waals surface area contributed by atoms with Crippen LogP contribution < -0.4 is 5.32 Å². The molecule has 0 saturated heterocycles. The Hall–Kier alpha value is -1.03. The quantitative estimate of drug-likeness (QED) is 0.826. The Kier molecular flexibility index (Phi) is 3.07. The van der Waals surface area contributed by atoms with Crippen LogP contribution >= 0.6 is 0 Å². The molecular weight excluding hydrogens is 275 g/mol. The first kappa shape index (κ1) is 13.6. The lowest BCUT2D eigenvalue weighted by molar-refractivity contribution is -0.0206. The fraction of sp³-hybridized carbons (Fsp3) is 0.647. The van der Waals surface area contributed by atoms with E-state index >= 15 is 0 Å². The zero-order chi connectivity index (χ0) is 14.6. The van der Waals surface area contributed by atoms with Crippen LogP contribution in [-0.4, -0.2) is 5.54 Å². The van der Waals surface area contributed by atoms with Crippen LogP contribution in [0.1, 0.15) is 44.1 Å². The summed E-state index contributed by atoms with van der Waals surface area (Å²) in [5.41, 5.74) is 0.637. The standard InChI is InChI=1S/C17H20F3N/c18-14-4-13(5-15(19)16(14)20)9-21-17-6-10-1-11(7-17)3-12(2-10)8-17/h4-5,10-12,21H,1-3,6-9H2. The van der Waals surface area contributed by atoms with Gasteiger partial charge >= 0.3 is 0 Å². The Morgan fingerprint density at radius 1 is 0.905 bits per heavy atom. The molecule has 0 heterocycles. The second-order valence-corrected chi connectivity index (χ2v) is 7.42. The molecule has 1 aromatic rings. The van der Waals surface area contributed by atoms with Gasteiger partial charge in [0.25, 0.3) is 0 Å². The third-order valence-electron chi connectivity index (χ3n) is 5.75. The molecule has 0 radical (unpaired) electrons. The second-order valence-electron chi connectivity index (χ2n) is 7.42. The summed E-state index contributed by atoms with van der Waals surface area (Å²) in [6, 6.07) is 2.21. The minimum Gasteiger partial charge on any atom is -0.307 e. The van der Waals surface area contributed by atoms with Crippen molar-refractivity contribution in [3.05, 3.63) is 35.1 Å². The first-order valence-electron chi connectivity index (χ1n) is 7.91. The van der Waals surface area contributed by atoms with Crippen LogP contribution in [0, 0.1) is 35.2 Å². The van der Waals surface area contributed by atoms with Crippen LogP contribution in [-0.2, 0) is 6.54 Å². The molecule has 4 fully saturated rings. The lowest BCUT2D eigenvalue weighted by atomic mass is 9.53. The second kappa shape index (κ2) is 4.73. The number of hydrogen-bond acceptors (Lipinski definition) is 1. The van der Waals surface area contributed by atoms with Gasteiger partial charge in [-0.3, -0.25) is 0 Å². The molecule has 1 N–H and O–H groups in total. The highest BCUT2D eigenvalue weighted by atomic mass is 19.2. The van der Waals surface area contributed by atoms with E-state index in [1.54, 1.807) is 0 Å². The van der Waals surface area contributed by atoms with Gasteiger partial charge in [0.05, 0.1) is 0 Å². The predicted octanol–water partition coefficient (Wildman–Crippen LogP) is 4.16. The maximum atomic E-state index is 13.3. The lowest BCUT2D eigenvalue weighted by Gasteiger charge is -2.57. The van der Waals surface area contributed by atoms with E-state index < -0.39 is 17.5 Å². The molecule has 0 amide bonds. The molecule has 1 nitrogen and oxygen atoms in total. The largest absolute Gasteiger partial charge is 0.307 e.